The fraction of sp³-hybridized carbons (Fsp3) is 0.600. The first-order chi connectivity index (χ1) is 11.7. The van der Waals surface area contributed by atoms with Crippen LogP contribution in [-0.2, 0) is 19.1 Å². The summed E-state index contributed by atoms with van der Waals surface area (Å²) < 4.78 is 10.9. The fourth-order valence-electron chi connectivity index (χ4n) is 3.03. The number of rotatable bonds is 4. The topological polar surface area (TPSA) is 52.6 Å². The summed E-state index contributed by atoms with van der Waals surface area (Å²) in [4.78, 5) is 23.7. The van der Waals surface area contributed by atoms with E-state index in [4.69, 9.17) is 9.47 Å². The van der Waals surface area contributed by atoms with Crippen LogP contribution >= 0.6 is 0 Å². The third-order valence-corrected chi connectivity index (χ3v) is 4.36. The Bertz CT molecular complexity index is 446. The first-order valence-electron chi connectivity index (χ1n) is 9.13. The van der Waals surface area contributed by atoms with E-state index in [1.807, 2.05) is 0 Å². The van der Waals surface area contributed by atoms with E-state index in [1.165, 1.54) is 12.2 Å². The maximum atomic E-state index is 11.9. The quantitative estimate of drug-likeness (QED) is 0.435. The Morgan fingerprint density at radius 2 is 1.08 bits per heavy atom. The van der Waals surface area contributed by atoms with E-state index in [1.54, 1.807) is 0 Å². The van der Waals surface area contributed by atoms with Gasteiger partial charge in [-0.2, -0.15) is 0 Å². The van der Waals surface area contributed by atoms with Gasteiger partial charge in [0.25, 0.3) is 0 Å². The van der Waals surface area contributed by atoms with Gasteiger partial charge < -0.3 is 9.47 Å². The molecule has 2 rings (SSSR count). The van der Waals surface area contributed by atoms with Crippen LogP contribution in [0.3, 0.4) is 0 Å². The smallest absolute Gasteiger partial charge is 0.331 e. The zero-order chi connectivity index (χ0) is 17.0. The molecule has 0 N–H and O–H groups in total. The van der Waals surface area contributed by atoms with Crippen molar-refractivity contribution in [2.45, 2.75) is 76.4 Å². The second-order valence-corrected chi connectivity index (χ2v) is 6.41. The number of carbonyl (C=O) groups is 2. The Morgan fingerprint density at radius 3 is 1.54 bits per heavy atom. The molecule has 4 heteroatoms. The van der Waals surface area contributed by atoms with Crippen molar-refractivity contribution in [3.8, 4) is 0 Å². The number of hydrogen-bond acceptors (Lipinski definition) is 4. The highest BCUT2D eigenvalue weighted by molar-refractivity contribution is 5.91. The molecular weight excluding hydrogens is 304 g/mol. The predicted molar refractivity (Wildman–Crippen MR) is 93.4 cm³/mol. The molecular formula is C20H28O4. The van der Waals surface area contributed by atoms with Crippen LogP contribution in [0.25, 0.3) is 0 Å². The van der Waals surface area contributed by atoms with Crippen molar-refractivity contribution in [1.29, 1.82) is 0 Å². The maximum Gasteiger partial charge on any atom is 0.331 e. The van der Waals surface area contributed by atoms with Crippen LogP contribution in [0.15, 0.2) is 36.5 Å². The van der Waals surface area contributed by atoms with Crippen LogP contribution < -0.4 is 0 Å². The molecule has 0 amide bonds. The minimum absolute atomic E-state index is 0.0551. The van der Waals surface area contributed by atoms with Gasteiger partial charge in [0.1, 0.15) is 12.2 Å². The van der Waals surface area contributed by atoms with Crippen LogP contribution in [0, 0.1) is 0 Å². The third-order valence-electron chi connectivity index (χ3n) is 4.36. The van der Waals surface area contributed by atoms with Gasteiger partial charge in [-0.25, -0.2) is 9.59 Å². The lowest BCUT2D eigenvalue weighted by Crippen LogP contribution is -2.19. The Morgan fingerprint density at radius 1 is 0.667 bits per heavy atom. The Hall–Kier alpha value is -1.84. The summed E-state index contributed by atoms with van der Waals surface area (Å²) in [7, 11) is 0. The number of esters is 2. The highest BCUT2D eigenvalue weighted by Gasteiger charge is 2.15. The average Bonchev–Trinajstić information content (AvgIpc) is 2.50. The standard InChI is InChI=1S/C20H28O4/c21-19(23-17-11-7-3-1-4-8-12-17)15-16-20(22)24-18-13-9-5-2-6-10-14-18/h1-3,5,15-18H,4,6-14H2/b3-1?,5-2?,16-15-. The normalized spacial score (nSPS) is 25.3. The Labute approximate surface area is 144 Å². The van der Waals surface area contributed by atoms with Gasteiger partial charge in [0.05, 0.1) is 0 Å². The van der Waals surface area contributed by atoms with Crippen LogP contribution in [-0.4, -0.2) is 24.1 Å². The molecule has 2 aliphatic carbocycles. The Kier molecular flexibility index (Phi) is 8.36. The number of hydrogen-bond donors (Lipinski definition) is 0. The molecule has 0 bridgehead atoms. The molecule has 0 fully saturated rings. The first kappa shape index (κ1) is 18.5. The van der Waals surface area contributed by atoms with Gasteiger partial charge in [-0.3, -0.25) is 0 Å². The number of ether oxygens (including phenoxy) is 2. The van der Waals surface area contributed by atoms with E-state index in [9.17, 15) is 9.59 Å². The molecule has 2 unspecified atom stereocenters. The molecule has 0 spiro atoms. The van der Waals surface area contributed by atoms with Gasteiger partial charge >= 0.3 is 11.9 Å². The lowest BCUT2D eigenvalue weighted by atomic mass is 10.0. The van der Waals surface area contributed by atoms with Crippen molar-refractivity contribution in [2.75, 3.05) is 0 Å². The summed E-state index contributed by atoms with van der Waals surface area (Å²) in [5.41, 5.74) is 0. The maximum absolute atomic E-state index is 11.9. The van der Waals surface area contributed by atoms with Crippen molar-refractivity contribution >= 4 is 11.9 Å². The monoisotopic (exact) mass is 332 g/mol. The summed E-state index contributed by atoms with van der Waals surface area (Å²) in [5, 5.41) is 0. The van der Waals surface area contributed by atoms with Crippen molar-refractivity contribution in [2.24, 2.45) is 0 Å². The largest absolute Gasteiger partial charge is 0.459 e. The van der Waals surface area contributed by atoms with Crippen molar-refractivity contribution in [1.82, 2.24) is 0 Å². The molecule has 0 heterocycles. The van der Waals surface area contributed by atoms with Gasteiger partial charge in [0.2, 0.25) is 0 Å². The molecule has 4 nitrogen and oxygen atoms in total. The molecule has 2 atom stereocenters. The molecule has 0 aliphatic heterocycles. The zero-order valence-electron chi connectivity index (χ0n) is 14.3. The molecule has 0 aromatic heterocycles. The lowest BCUT2D eigenvalue weighted by molar-refractivity contribution is -0.146. The van der Waals surface area contributed by atoms with E-state index in [0.717, 1.165) is 64.2 Å². The molecule has 0 radical (unpaired) electrons. The predicted octanol–water partition coefficient (Wildman–Crippen LogP) is 4.41. The summed E-state index contributed by atoms with van der Waals surface area (Å²) in [5.74, 6) is -0.913. The second-order valence-electron chi connectivity index (χ2n) is 6.41. The van der Waals surface area contributed by atoms with Gasteiger partial charge in [-0.05, 0) is 64.2 Å². The summed E-state index contributed by atoms with van der Waals surface area (Å²) in [6.45, 7) is 0. The van der Waals surface area contributed by atoms with Crippen LogP contribution in [0.4, 0.5) is 0 Å². The van der Waals surface area contributed by atoms with E-state index in [-0.39, 0.29) is 12.2 Å². The van der Waals surface area contributed by atoms with E-state index < -0.39 is 11.9 Å². The van der Waals surface area contributed by atoms with Crippen LogP contribution in [0.5, 0.6) is 0 Å². The molecule has 0 saturated carbocycles. The third kappa shape index (κ3) is 7.62. The van der Waals surface area contributed by atoms with Crippen molar-refractivity contribution < 1.29 is 19.1 Å². The molecule has 2 aliphatic rings. The molecule has 0 aromatic rings. The first-order valence-corrected chi connectivity index (χ1v) is 9.13. The van der Waals surface area contributed by atoms with E-state index >= 15 is 0 Å². The fourth-order valence-corrected chi connectivity index (χ4v) is 3.03. The number of carbonyl (C=O) groups excluding carboxylic acids is 2. The minimum Gasteiger partial charge on any atom is -0.459 e. The van der Waals surface area contributed by atoms with Crippen molar-refractivity contribution in [3.05, 3.63) is 36.5 Å². The van der Waals surface area contributed by atoms with Crippen LogP contribution in [0.2, 0.25) is 0 Å². The summed E-state index contributed by atoms with van der Waals surface area (Å²) in [6.07, 6.45) is 20.3. The van der Waals surface area contributed by atoms with Gasteiger partial charge in [-0.1, -0.05) is 24.3 Å². The van der Waals surface area contributed by atoms with Crippen LogP contribution in [0.1, 0.15) is 64.2 Å². The molecule has 132 valence electrons. The highest BCUT2D eigenvalue weighted by atomic mass is 16.5. The SMILES string of the molecule is O=C(/C=C\C(=O)OC1CCC=CCCC1)OC1CCC=CCCC1. The van der Waals surface area contributed by atoms with E-state index in [2.05, 4.69) is 24.3 Å². The zero-order valence-corrected chi connectivity index (χ0v) is 14.3. The van der Waals surface area contributed by atoms with Gasteiger partial charge in [0, 0.05) is 12.2 Å². The molecule has 0 aromatic carbocycles. The molecule has 0 saturated heterocycles. The average molecular weight is 332 g/mol. The molecule has 24 heavy (non-hydrogen) atoms. The van der Waals surface area contributed by atoms with Crippen molar-refractivity contribution in [3.63, 3.8) is 0 Å². The van der Waals surface area contributed by atoms with E-state index in [0.29, 0.717) is 0 Å². The summed E-state index contributed by atoms with van der Waals surface area (Å²) >= 11 is 0. The Balaban J connectivity index is 1.72. The lowest BCUT2D eigenvalue weighted by Gasteiger charge is -2.18. The minimum atomic E-state index is -0.456. The summed E-state index contributed by atoms with van der Waals surface area (Å²) in [6, 6.07) is 0. The van der Waals surface area contributed by atoms with Gasteiger partial charge in [0.15, 0.2) is 0 Å². The second kappa shape index (κ2) is 10.8. The number of allylic oxidation sites excluding steroid dienone is 4. The highest BCUT2D eigenvalue weighted by Crippen LogP contribution is 2.17. The van der Waals surface area contributed by atoms with Gasteiger partial charge in [-0.15, -0.1) is 0 Å².